The van der Waals surface area contributed by atoms with Crippen molar-refractivity contribution in [3.8, 4) is 0 Å². The van der Waals surface area contributed by atoms with Crippen molar-refractivity contribution in [2.24, 2.45) is 4.99 Å². The largest absolute Gasteiger partial charge is 0.285 e. The Morgan fingerprint density at radius 2 is 2.04 bits per heavy atom. The van der Waals surface area contributed by atoms with Crippen LogP contribution in [0.15, 0.2) is 53.5 Å². The number of hydrogen-bond acceptors (Lipinski definition) is 5. The molecule has 0 fully saturated rings. The predicted molar refractivity (Wildman–Crippen MR) is 99.2 cm³/mol. The van der Waals surface area contributed by atoms with E-state index in [2.05, 4.69) is 4.99 Å². The Morgan fingerprint density at radius 3 is 2.76 bits per heavy atom. The number of halogens is 1. The molecule has 0 radical (unpaired) electrons. The molecular formula is C17H14ClN3O3S. The molecule has 3 rings (SSSR count). The topological polar surface area (TPSA) is 75.8 Å². The van der Waals surface area contributed by atoms with Crippen molar-refractivity contribution in [3.05, 3.63) is 74.8 Å². The molecule has 25 heavy (non-hydrogen) atoms. The Bertz CT molecular complexity index is 842. The van der Waals surface area contributed by atoms with Crippen LogP contribution in [0.1, 0.15) is 15.9 Å². The zero-order valence-corrected chi connectivity index (χ0v) is 14.7. The zero-order chi connectivity index (χ0) is 17.8. The first-order valence-corrected chi connectivity index (χ1v) is 8.89. The number of aliphatic imine (C=N–C) groups is 1. The van der Waals surface area contributed by atoms with Crippen LogP contribution in [0.3, 0.4) is 0 Å². The maximum Gasteiger partial charge on any atom is 0.282 e. The van der Waals surface area contributed by atoms with E-state index in [9.17, 15) is 14.9 Å². The van der Waals surface area contributed by atoms with Crippen LogP contribution in [-0.4, -0.2) is 34.0 Å². The van der Waals surface area contributed by atoms with Gasteiger partial charge in [-0.15, -0.1) is 0 Å². The lowest BCUT2D eigenvalue weighted by Gasteiger charge is -2.18. The molecule has 0 unspecified atom stereocenters. The van der Waals surface area contributed by atoms with Crippen molar-refractivity contribution in [2.45, 2.75) is 5.75 Å². The third kappa shape index (κ3) is 4.00. The van der Waals surface area contributed by atoms with Gasteiger partial charge in [0.15, 0.2) is 5.17 Å². The number of nitro benzene ring substituents is 1. The van der Waals surface area contributed by atoms with Crippen LogP contribution >= 0.6 is 23.4 Å². The number of rotatable bonds is 4. The van der Waals surface area contributed by atoms with Gasteiger partial charge in [0.2, 0.25) is 0 Å². The highest BCUT2D eigenvalue weighted by atomic mass is 35.5. The first-order valence-electron chi connectivity index (χ1n) is 7.53. The second-order valence-corrected chi connectivity index (χ2v) is 6.69. The van der Waals surface area contributed by atoms with Crippen LogP contribution in [-0.2, 0) is 5.75 Å². The van der Waals surface area contributed by atoms with E-state index in [1.54, 1.807) is 0 Å². The van der Waals surface area contributed by atoms with Gasteiger partial charge in [-0.25, -0.2) is 0 Å². The standard InChI is InChI=1S/C17H14ClN3O3S/c18-13-6-7-15(21(23)24)14(10-13)16(22)20-9-8-19-17(20)25-11-12-4-2-1-3-5-12/h1-7,10H,8-9,11H2. The third-order valence-electron chi connectivity index (χ3n) is 3.64. The first-order chi connectivity index (χ1) is 12.1. The quantitative estimate of drug-likeness (QED) is 0.598. The predicted octanol–water partition coefficient (Wildman–Crippen LogP) is 3.99. The molecular weight excluding hydrogens is 362 g/mol. The lowest BCUT2D eigenvalue weighted by molar-refractivity contribution is -0.385. The van der Waals surface area contributed by atoms with E-state index in [1.165, 1.54) is 34.9 Å². The van der Waals surface area contributed by atoms with Crippen molar-refractivity contribution in [1.29, 1.82) is 0 Å². The highest BCUT2D eigenvalue weighted by Gasteiger charge is 2.30. The summed E-state index contributed by atoms with van der Waals surface area (Å²) in [5.74, 6) is 0.215. The molecule has 2 aromatic carbocycles. The average molecular weight is 376 g/mol. The van der Waals surface area contributed by atoms with Crippen LogP contribution in [0, 0.1) is 10.1 Å². The lowest BCUT2D eigenvalue weighted by Crippen LogP contribution is -2.33. The van der Waals surface area contributed by atoms with Crippen molar-refractivity contribution >= 4 is 40.1 Å². The number of nitro groups is 1. The molecule has 1 amide bonds. The Labute approximate surface area is 153 Å². The van der Waals surface area contributed by atoms with Crippen molar-refractivity contribution < 1.29 is 9.72 Å². The minimum atomic E-state index is -0.576. The summed E-state index contributed by atoms with van der Waals surface area (Å²) in [6.45, 7) is 0.886. The molecule has 8 heteroatoms. The van der Waals surface area contributed by atoms with Crippen LogP contribution in [0.4, 0.5) is 5.69 Å². The Balaban J connectivity index is 1.79. The second kappa shape index (κ2) is 7.67. The molecule has 1 aliphatic rings. The maximum atomic E-state index is 12.8. The van der Waals surface area contributed by atoms with Gasteiger partial charge in [0.05, 0.1) is 11.5 Å². The summed E-state index contributed by atoms with van der Waals surface area (Å²) in [4.78, 5) is 29.3. The van der Waals surface area contributed by atoms with E-state index in [0.717, 1.165) is 5.56 Å². The number of thioether (sulfide) groups is 1. The number of hydrogen-bond donors (Lipinski definition) is 0. The molecule has 0 aromatic heterocycles. The minimum Gasteiger partial charge on any atom is -0.285 e. The lowest BCUT2D eigenvalue weighted by atomic mass is 10.1. The van der Waals surface area contributed by atoms with Gasteiger partial charge >= 0.3 is 0 Å². The zero-order valence-electron chi connectivity index (χ0n) is 13.1. The van der Waals surface area contributed by atoms with Gasteiger partial charge in [0.25, 0.3) is 11.6 Å². The number of carbonyl (C=O) groups is 1. The van der Waals surface area contributed by atoms with Crippen LogP contribution in [0.5, 0.6) is 0 Å². The minimum absolute atomic E-state index is 0.0209. The number of benzene rings is 2. The molecule has 2 aromatic rings. The number of amides is 1. The maximum absolute atomic E-state index is 12.8. The highest BCUT2D eigenvalue weighted by molar-refractivity contribution is 8.13. The van der Waals surface area contributed by atoms with Crippen LogP contribution < -0.4 is 0 Å². The summed E-state index contributed by atoms with van der Waals surface area (Å²) in [6.07, 6.45) is 0. The SMILES string of the molecule is O=C(c1cc(Cl)ccc1[N+](=O)[O-])N1CCN=C1SCc1ccccc1. The molecule has 0 saturated carbocycles. The number of nitrogens with zero attached hydrogens (tertiary/aromatic N) is 3. The second-order valence-electron chi connectivity index (χ2n) is 5.31. The van der Waals surface area contributed by atoms with Gasteiger partial charge < -0.3 is 0 Å². The van der Waals surface area contributed by atoms with Gasteiger partial charge in [-0.05, 0) is 17.7 Å². The smallest absolute Gasteiger partial charge is 0.282 e. The highest BCUT2D eigenvalue weighted by Crippen LogP contribution is 2.27. The summed E-state index contributed by atoms with van der Waals surface area (Å²) in [5.41, 5.74) is 0.837. The molecule has 0 N–H and O–H groups in total. The molecule has 6 nitrogen and oxygen atoms in total. The van der Waals surface area contributed by atoms with Crippen LogP contribution in [0.25, 0.3) is 0 Å². The molecule has 0 bridgehead atoms. The summed E-state index contributed by atoms with van der Waals surface area (Å²) < 4.78 is 0. The first kappa shape index (κ1) is 17.4. The molecule has 0 aliphatic carbocycles. The molecule has 1 aliphatic heterocycles. The van der Waals surface area contributed by atoms with E-state index < -0.39 is 10.8 Å². The van der Waals surface area contributed by atoms with Gasteiger partial charge in [-0.1, -0.05) is 53.7 Å². The van der Waals surface area contributed by atoms with Gasteiger partial charge in [0.1, 0.15) is 5.56 Å². The van der Waals surface area contributed by atoms with E-state index in [4.69, 9.17) is 11.6 Å². The van der Waals surface area contributed by atoms with Gasteiger partial charge in [-0.2, -0.15) is 0 Å². The monoisotopic (exact) mass is 375 g/mol. The van der Waals surface area contributed by atoms with Crippen molar-refractivity contribution in [2.75, 3.05) is 13.1 Å². The normalized spacial score (nSPS) is 13.6. The summed E-state index contributed by atoms with van der Waals surface area (Å²) in [5, 5.41) is 12.1. The van der Waals surface area contributed by atoms with E-state index >= 15 is 0 Å². The third-order valence-corrected chi connectivity index (χ3v) is 4.96. The Morgan fingerprint density at radius 1 is 1.28 bits per heavy atom. The van der Waals surface area contributed by atoms with E-state index in [0.29, 0.717) is 24.0 Å². The Hall–Kier alpha value is -2.38. The van der Waals surface area contributed by atoms with Crippen molar-refractivity contribution in [1.82, 2.24) is 4.90 Å². The summed E-state index contributed by atoms with van der Waals surface area (Å²) in [6, 6.07) is 13.8. The fraction of sp³-hybridized carbons (Fsp3) is 0.176. The molecule has 0 atom stereocenters. The Kier molecular flexibility index (Phi) is 5.35. The molecule has 0 spiro atoms. The van der Waals surface area contributed by atoms with Gasteiger partial charge in [0, 0.05) is 23.4 Å². The van der Waals surface area contributed by atoms with E-state index in [-0.39, 0.29) is 16.3 Å². The average Bonchev–Trinajstić information content (AvgIpc) is 3.08. The van der Waals surface area contributed by atoms with Crippen molar-refractivity contribution in [3.63, 3.8) is 0 Å². The fourth-order valence-electron chi connectivity index (χ4n) is 2.44. The van der Waals surface area contributed by atoms with Crippen LogP contribution in [0.2, 0.25) is 5.02 Å². The fourth-order valence-corrected chi connectivity index (χ4v) is 3.62. The van der Waals surface area contributed by atoms with E-state index in [1.807, 2.05) is 30.3 Å². The summed E-state index contributed by atoms with van der Waals surface area (Å²) in [7, 11) is 0. The van der Waals surface area contributed by atoms with Gasteiger partial charge in [-0.3, -0.25) is 24.8 Å². The molecule has 128 valence electrons. The molecule has 1 heterocycles. The number of carbonyl (C=O) groups excluding carboxylic acids is 1. The number of amidine groups is 1. The summed E-state index contributed by atoms with van der Waals surface area (Å²) >= 11 is 7.36. The molecule has 0 saturated heterocycles.